The van der Waals surface area contributed by atoms with Crippen LogP contribution in [0.4, 0.5) is 5.69 Å². The lowest BCUT2D eigenvalue weighted by atomic mass is 9.85. The Labute approximate surface area is 585 Å². The monoisotopic (exact) mass is 1370 g/mol. The minimum atomic E-state index is -1.71. The van der Waals surface area contributed by atoms with Gasteiger partial charge in [-0.15, -0.1) is 0 Å². The summed E-state index contributed by atoms with van der Waals surface area (Å²) in [5.74, 6) is -4.87. The van der Waals surface area contributed by atoms with Gasteiger partial charge in [0.05, 0.1) is 27.2 Å². The number of esters is 2. The summed E-state index contributed by atoms with van der Waals surface area (Å²) in [5.41, 5.74) is 2.94. The Balaban J connectivity index is 1.09. The molecular weight excluding hydrogens is 1280 g/mol. The van der Waals surface area contributed by atoms with Crippen LogP contribution >= 0.6 is 0 Å². The summed E-state index contributed by atoms with van der Waals surface area (Å²) in [6, 6.07) is 31.4. The molecule has 8 amide bonds. The number of carbonyl (C=O) groups is 10. The number of fused-ring (bicyclic) bond motifs is 4. The number of ether oxygens (including phenoxy) is 4. The Morgan fingerprint density at radius 3 is 2.03 bits per heavy atom. The minimum Gasteiger partial charge on any atom is -0.493 e. The molecule has 3 aliphatic rings. The Morgan fingerprint density at radius 1 is 0.670 bits per heavy atom. The molecule has 7 atom stereocenters. The number of likely N-dealkylation sites (N-methyl/N-ethyl adjacent to an activating group) is 2. The number of aliphatic hydroxyl groups is 1. The zero-order valence-corrected chi connectivity index (χ0v) is 58.6. The van der Waals surface area contributed by atoms with Crippen molar-refractivity contribution in [3.63, 3.8) is 0 Å². The zero-order valence-electron chi connectivity index (χ0n) is 58.6. The molecule has 2 saturated heterocycles. The lowest BCUT2D eigenvalue weighted by molar-refractivity contribution is -0.168. The van der Waals surface area contributed by atoms with Gasteiger partial charge in [0.15, 0.2) is 11.5 Å². The van der Waals surface area contributed by atoms with E-state index in [1.54, 1.807) is 106 Å². The third-order valence-electron chi connectivity index (χ3n) is 18.5. The molecule has 8 rings (SSSR count). The second-order valence-electron chi connectivity index (χ2n) is 27.0. The van der Waals surface area contributed by atoms with Gasteiger partial charge in [-0.25, -0.2) is 9.59 Å². The van der Waals surface area contributed by atoms with E-state index in [4.69, 9.17) is 18.9 Å². The predicted molar refractivity (Wildman–Crippen MR) is 375 cm³/mol. The molecule has 5 N–H and O–H groups in total. The molecule has 5 aromatic carbocycles. The van der Waals surface area contributed by atoms with Crippen molar-refractivity contribution >= 4 is 64.9 Å². The van der Waals surface area contributed by atoms with Gasteiger partial charge < -0.3 is 64.9 Å². The maximum absolute atomic E-state index is 15.3. The van der Waals surface area contributed by atoms with Crippen LogP contribution in [0.15, 0.2) is 140 Å². The fourth-order valence-electron chi connectivity index (χ4n) is 12.7. The van der Waals surface area contributed by atoms with E-state index in [1.807, 2.05) is 56.3 Å². The first kappa shape index (κ1) is 75.9. The van der Waals surface area contributed by atoms with Gasteiger partial charge in [0.2, 0.25) is 41.4 Å². The molecule has 0 saturated carbocycles. The number of rotatable bonds is 14. The molecule has 0 aromatic heterocycles. The smallest absolute Gasteiger partial charge is 0.330 e. The molecule has 5 aromatic rings. The number of aryl methyl sites for hydroxylation is 1. The summed E-state index contributed by atoms with van der Waals surface area (Å²) >= 11 is 0. The standard InChI is InChI=1S/C77H96N8O15/c1-50(2)43-61-73(93)82(5)40-17-16-29-68(89)99-49-77(3,4)70(90)75(95)85-41-18-15-27-60(85)76(96)100-62(36-34-52-35-37-63(97-7)64(45-52)98-8)56-25-19-26-57(47-56)79-65(86)38-39-66(87)81-69(55-23-13-10-14-24-55)71(91)80-58(72(92)84-42-20-28-59(84)74(94)83(61)6)44-51-30-32-53(33-31-51)46-67(88)78-48-54-21-11-9-12-22-54/h9-14,16,19,21-26,29-33,35,37,45,47,50,58-62,69-70,90H,15,17-18,20,27-28,34,36,38-44,46,48-49H2,1-8H3,(H,78,88)(H,79,86)(H,80,91)(H,81,87)/t58-,59+,60-,61-,62+,69-,70?/m0/s1. The van der Waals surface area contributed by atoms with E-state index in [-0.39, 0.29) is 102 Å². The van der Waals surface area contributed by atoms with Gasteiger partial charge in [0.1, 0.15) is 42.4 Å². The van der Waals surface area contributed by atoms with Crippen molar-refractivity contribution in [2.75, 3.05) is 59.9 Å². The molecule has 100 heavy (non-hydrogen) atoms. The molecule has 3 aliphatic heterocycles. The molecule has 2 fully saturated rings. The van der Waals surface area contributed by atoms with Crippen molar-refractivity contribution in [3.05, 3.63) is 173 Å². The SMILES string of the molecule is COc1ccc(CC[C@H]2OC(=O)[C@@H]3CCCCN3C(=O)C(O)C(C)(C)COC(=O)C=CCCN(C)C(=O)[C@H](CC(C)C)N(C)C(=O)[C@H]3CCCN3C(=O)[C@H](Cc3ccc(CC(=O)NCc4ccccc4)cc3)NC(=O)[C@H](c3ccccc3)NC(=O)CCC(=O)Nc3cccc2c3)cc1OC. The lowest BCUT2D eigenvalue weighted by Crippen LogP contribution is -2.58. The summed E-state index contributed by atoms with van der Waals surface area (Å²) < 4.78 is 23.0. The lowest BCUT2D eigenvalue weighted by Gasteiger charge is -2.39. The maximum Gasteiger partial charge on any atom is 0.330 e. The fraction of sp³-hybridized carbons (Fsp3) is 0.455. The van der Waals surface area contributed by atoms with E-state index in [1.165, 1.54) is 53.0 Å². The first-order valence-electron chi connectivity index (χ1n) is 34.4. The number of aliphatic hydroxyl groups excluding tert-OH is 1. The van der Waals surface area contributed by atoms with E-state index in [2.05, 4.69) is 21.3 Å². The van der Waals surface area contributed by atoms with Crippen LogP contribution in [-0.2, 0) is 83.2 Å². The van der Waals surface area contributed by atoms with Gasteiger partial charge in [-0.2, -0.15) is 0 Å². The average Bonchev–Trinajstić information content (AvgIpc) is 1.35. The number of piperidine rings is 1. The molecule has 23 heteroatoms. The topological polar surface area (TPSA) is 289 Å². The number of anilines is 1. The van der Waals surface area contributed by atoms with Gasteiger partial charge in [-0.05, 0) is 121 Å². The fourth-order valence-corrected chi connectivity index (χ4v) is 12.7. The van der Waals surface area contributed by atoms with Crippen LogP contribution in [0, 0.1) is 11.3 Å². The Kier molecular flexibility index (Phi) is 27.5. The van der Waals surface area contributed by atoms with Gasteiger partial charge in [0, 0.05) is 76.7 Å². The van der Waals surface area contributed by atoms with Crippen LogP contribution in [0.1, 0.15) is 137 Å². The number of methoxy groups -OCH3 is 2. The third kappa shape index (κ3) is 21.1. The van der Waals surface area contributed by atoms with E-state index >= 15 is 9.59 Å². The maximum atomic E-state index is 15.3. The van der Waals surface area contributed by atoms with Gasteiger partial charge in [-0.3, -0.25) is 38.4 Å². The van der Waals surface area contributed by atoms with Crippen LogP contribution in [0.25, 0.3) is 0 Å². The number of benzene rings is 5. The molecule has 0 aliphatic carbocycles. The number of hydrogen-bond donors (Lipinski definition) is 5. The van der Waals surface area contributed by atoms with Crippen molar-refractivity contribution in [2.45, 2.75) is 160 Å². The second kappa shape index (κ2) is 36.3. The normalized spacial score (nSPS) is 22.4. The minimum absolute atomic E-state index is 0.0530. The largest absolute Gasteiger partial charge is 0.493 e. The molecule has 0 spiro atoms. The summed E-state index contributed by atoms with van der Waals surface area (Å²) in [7, 11) is 6.18. The van der Waals surface area contributed by atoms with Crippen LogP contribution < -0.4 is 30.7 Å². The van der Waals surface area contributed by atoms with Crippen LogP contribution in [0.5, 0.6) is 11.5 Å². The predicted octanol–water partition coefficient (Wildman–Crippen LogP) is 7.68. The quantitative estimate of drug-likeness (QED) is 0.0667. The van der Waals surface area contributed by atoms with Crippen LogP contribution in [0.3, 0.4) is 0 Å². The number of nitrogens with zero attached hydrogens (tertiary/aromatic N) is 4. The molecule has 534 valence electrons. The molecule has 1 unspecified atom stereocenters. The van der Waals surface area contributed by atoms with E-state index in [0.717, 1.165) is 11.1 Å². The summed E-state index contributed by atoms with van der Waals surface area (Å²) in [6.45, 7) is 7.41. The third-order valence-corrected chi connectivity index (χ3v) is 18.5. The highest BCUT2D eigenvalue weighted by Crippen LogP contribution is 2.34. The van der Waals surface area contributed by atoms with Crippen LogP contribution in [0.2, 0.25) is 0 Å². The van der Waals surface area contributed by atoms with E-state index in [0.29, 0.717) is 71.7 Å². The Morgan fingerprint density at radius 2 is 1.32 bits per heavy atom. The van der Waals surface area contributed by atoms with Gasteiger partial charge >= 0.3 is 11.9 Å². The van der Waals surface area contributed by atoms with Crippen LogP contribution in [-0.4, -0.2) is 169 Å². The number of hydrogen-bond acceptors (Lipinski definition) is 15. The molecule has 3 heterocycles. The highest BCUT2D eigenvalue weighted by atomic mass is 16.5. The number of cyclic esters (lactones) is 2. The highest BCUT2D eigenvalue weighted by Gasteiger charge is 2.45. The van der Waals surface area contributed by atoms with E-state index in [9.17, 15) is 43.5 Å². The first-order chi connectivity index (χ1) is 47.9. The number of carbonyl (C=O) groups excluding carboxylic acids is 10. The summed E-state index contributed by atoms with van der Waals surface area (Å²) in [4.78, 5) is 149. The molecule has 2 bridgehead atoms. The molecular formula is C77H96N8O15. The number of amides is 8. The van der Waals surface area contributed by atoms with Crippen molar-refractivity contribution in [1.82, 2.24) is 35.6 Å². The summed E-state index contributed by atoms with van der Waals surface area (Å²) in [6.07, 6.45) is 2.53. The molecule has 23 nitrogen and oxygen atoms in total. The van der Waals surface area contributed by atoms with Gasteiger partial charge in [0.25, 0.3) is 5.91 Å². The average molecular weight is 1370 g/mol. The van der Waals surface area contributed by atoms with Crippen molar-refractivity contribution < 1.29 is 72.0 Å². The zero-order chi connectivity index (χ0) is 72.0. The van der Waals surface area contributed by atoms with Crippen molar-refractivity contribution in [1.29, 1.82) is 0 Å². The summed E-state index contributed by atoms with van der Waals surface area (Å²) in [5, 5.41) is 23.3. The van der Waals surface area contributed by atoms with Crippen molar-refractivity contribution in [2.24, 2.45) is 11.3 Å². The Hall–Kier alpha value is -9.90. The highest BCUT2D eigenvalue weighted by molar-refractivity contribution is 5.98. The molecule has 0 radical (unpaired) electrons. The Bertz CT molecular complexity index is 3700. The van der Waals surface area contributed by atoms with Gasteiger partial charge in [-0.1, -0.05) is 137 Å². The number of nitrogens with one attached hydrogen (secondary N) is 4. The van der Waals surface area contributed by atoms with E-state index < -0.39 is 95.2 Å². The second-order valence-corrected chi connectivity index (χ2v) is 27.0. The first-order valence-corrected chi connectivity index (χ1v) is 34.4. The van der Waals surface area contributed by atoms with Crippen molar-refractivity contribution in [3.8, 4) is 11.5 Å².